The highest BCUT2D eigenvalue weighted by molar-refractivity contribution is 7.46. The highest BCUT2D eigenvalue weighted by Gasteiger charge is 2.45. The molecule has 0 aliphatic carbocycles. The SMILES string of the molecule is CC(C)C(OP(=O)(O)O)(C(C)C)C(C)C. The number of phosphoric ester groups is 1. The zero-order valence-corrected chi connectivity index (χ0v) is 11.3. The van der Waals surface area contributed by atoms with E-state index in [1.807, 2.05) is 41.5 Å². The first kappa shape index (κ1) is 15.1. The standard InChI is InChI=1S/C10H23O4P/c1-7(2)10(8(3)4,9(5)6)14-15(11,12)13/h7-9H,1-6H3,(H2,11,12,13). The van der Waals surface area contributed by atoms with Crippen LogP contribution in [0.2, 0.25) is 0 Å². The van der Waals surface area contributed by atoms with Crippen LogP contribution in [0.1, 0.15) is 41.5 Å². The van der Waals surface area contributed by atoms with Gasteiger partial charge >= 0.3 is 7.82 Å². The molecule has 0 aromatic rings. The molecule has 0 fully saturated rings. The fourth-order valence-electron chi connectivity index (χ4n) is 2.52. The number of phosphoric acid groups is 1. The van der Waals surface area contributed by atoms with Gasteiger partial charge in [-0.3, -0.25) is 4.52 Å². The molecule has 0 amide bonds. The highest BCUT2D eigenvalue weighted by atomic mass is 31.2. The maximum absolute atomic E-state index is 11.0. The fourth-order valence-corrected chi connectivity index (χ4v) is 3.57. The molecule has 0 radical (unpaired) electrons. The molecule has 0 heterocycles. The summed E-state index contributed by atoms with van der Waals surface area (Å²) >= 11 is 0. The Morgan fingerprint density at radius 1 is 0.933 bits per heavy atom. The van der Waals surface area contributed by atoms with Crippen LogP contribution in [-0.4, -0.2) is 15.4 Å². The summed E-state index contributed by atoms with van der Waals surface area (Å²) in [6, 6.07) is 0. The van der Waals surface area contributed by atoms with Crippen LogP contribution >= 0.6 is 7.82 Å². The van der Waals surface area contributed by atoms with Crippen LogP contribution in [0.3, 0.4) is 0 Å². The molecular weight excluding hydrogens is 215 g/mol. The predicted octanol–water partition coefficient (Wildman–Crippen LogP) is 2.80. The van der Waals surface area contributed by atoms with Gasteiger partial charge in [0.25, 0.3) is 0 Å². The summed E-state index contributed by atoms with van der Waals surface area (Å²) in [5.41, 5.74) is -0.779. The minimum absolute atomic E-state index is 0.0464. The molecule has 0 aromatic heterocycles. The topological polar surface area (TPSA) is 66.8 Å². The van der Waals surface area contributed by atoms with Gasteiger partial charge in [-0.2, -0.15) is 0 Å². The van der Waals surface area contributed by atoms with Crippen molar-refractivity contribution in [1.29, 1.82) is 0 Å². The van der Waals surface area contributed by atoms with Crippen molar-refractivity contribution in [3.05, 3.63) is 0 Å². The van der Waals surface area contributed by atoms with E-state index in [-0.39, 0.29) is 17.8 Å². The molecule has 0 atom stereocenters. The van der Waals surface area contributed by atoms with Crippen LogP contribution in [-0.2, 0) is 9.09 Å². The first-order valence-corrected chi connectivity index (χ1v) is 6.83. The first-order chi connectivity index (χ1) is 6.54. The van der Waals surface area contributed by atoms with Crippen molar-refractivity contribution in [2.24, 2.45) is 17.8 Å². The third kappa shape index (κ3) is 3.56. The number of hydrogen-bond acceptors (Lipinski definition) is 2. The fraction of sp³-hybridized carbons (Fsp3) is 1.00. The van der Waals surface area contributed by atoms with Crippen LogP contribution in [0.25, 0.3) is 0 Å². The van der Waals surface area contributed by atoms with Gasteiger partial charge < -0.3 is 9.79 Å². The zero-order valence-electron chi connectivity index (χ0n) is 10.4. The van der Waals surface area contributed by atoms with Gasteiger partial charge in [-0.25, -0.2) is 4.57 Å². The van der Waals surface area contributed by atoms with Crippen molar-refractivity contribution < 1.29 is 18.9 Å². The lowest BCUT2D eigenvalue weighted by molar-refractivity contribution is -0.0779. The largest absolute Gasteiger partial charge is 0.470 e. The van der Waals surface area contributed by atoms with Crippen LogP contribution in [0.15, 0.2) is 0 Å². The van der Waals surface area contributed by atoms with Gasteiger partial charge in [0.2, 0.25) is 0 Å². The van der Waals surface area contributed by atoms with Crippen LogP contribution in [0.5, 0.6) is 0 Å². The molecule has 0 aliphatic heterocycles. The molecule has 0 aliphatic rings. The maximum atomic E-state index is 11.0. The molecule has 0 saturated heterocycles. The van der Waals surface area contributed by atoms with Crippen molar-refractivity contribution in [3.8, 4) is 0 Å². The van der Waals surface area contributed by atoms with E-state index < -0.39 is 13.4 Å². The molecule has 5 heteroatoms. The quantitative estimate of drug-likeness (QED) is 0.723. The third-order valence-corrected chi connectivity index (χ3v) is 3.54. The Bertz CT molecular complexity index is 220. The molecule has 0 aromatic carbocycles. The van der Waals surface area contributed by atoms with Crippen molar-refractivity contribution in [1.82, 2.24) is 0 Å². The van der Waals surface area contributed by atoms with Gasteiger partial charge in [0.1, 0.15) is 0 Å². The lowest BCUT2D eigenvalue weighted by atomic mass is 9.73. The Morgan fingerprint density at radius 3 is 1.27 bits per heavy atom. The summed E-state index contributed by atoms with van der Waals surface area (Å²) < 4.78 is 16.1. The number of hydrogen-bond donors (Lipinski definition) is 2. The monoisotopic (exact) mass is 238 g/mol. The van der Waals surface area contributed by atoms with Crippen molar-refractivity contribution in [3.63, 3.8) is 0 Å². The Labute approximate surface area is 92.3 Å². The molecule has 0 rings (SSSR count). The normalized spacial score (nSPS) is 14.3. The molecule has 0 unspecified atom stereocenters. The van der Waals surface area contributed by atoms with E-state index in [4.69, 9.17) is 14.3 Å². The molecule has 92 valence electrons. The molecule has 0 spiro atoms. The molecule has 15 heavy (non-hydrogen) atoms. The van der Waals surface area contributed by atoms with E-state index in [2.05, 4.69) is 0 Å². The van der Waals surface area contributed by atoms with E-state index in [9.17, 15) is 4.57 Å². The average Bonchev–Trinajstić information content (AvgIpc) is 1.96. The van der Waals surface area contributed by atoms with E-state index in [0.717, 1.165) is 0 Å². The molecule has 2 N–H and O–H groups in total. The lowest BCUT2D eigenvalue weighted by Crippen LogP contribution is -2.47. The second kappa shape index (κ2) is 4.96. The van der Waals surface area contributed by atoms with Gasteiger partial charge in [0.15, 0.2) is 0 Å². The third-order valence-electron chi connectivity index (χ3n) is 2.98. The van der Waals surface area contributed by atoms with Gasteiger partial charge in [0.05, 0.1) is 5.60 Å². The average molecular weight is 238 g/mol. The van der Waals surface area contributed by atoms with Crippen molar-refractivity contribution in [2.75, 3.05) is 0 Å². The summed E-state index contributed by atoms with van der Waals surface area (Å²) in [7, 11) is -4.45. The van der Waals surface area contributed by atoms with Gasteiger partial charge in [0, 0.05) is 0 Å². The van der Waals surface area contributed by atoms with Crippen LogP contribution in [0, 0.1) is 17.8 Å². The Hall–Kier alpha value is 0.110. The molecule has 0 bridgehead atoms. The van der Waals surface area contributed by atoms with E-state index >= 15 is 0 Å². The molecular formula is C10H23O4P. The van der Waals surface area contributed by atoms with Gasteiger partial charge in [-0.05, 0) is 17.8 Å². The maximum Gasteiger partial charge on any atom is 0.470 e. The Kier molecular flexibility index (Phi) is 5.00. The van der Waals surface area contributed by atoms with E-state index in [1.165, 1.54) is 0 Å². The summed E-state index contributed by atoms with van der Waals surface area (Å²) in [4.78, 5) is 18.0. The summed E-state index contributed by atoms with van der Waals surface area (Å²) in [5, 5.41) is 0. The first-order valence-electron chi connectivity index (χ1n) is 5.30. The van der Waals surface area contributed by atoms with E-state index in [0.29, 0.717) is 0 Å². The van der Waals surface area contributed by atoms with Crippen molar-refractivity contribution >= 4 is 7.82 Å². The van der Waals surface area contributed by atoms with Gasteiger partial charge in [-0.1, -0.05) is 41.5 Å². The predicted molar refractivity (Wildman–Crippen MR) is 60.4 cm³/mol. The van der Waals surface area contributed by atoms with E-state index in [1.54, 1.807) is 0 Å². The second-order valence-electron chi connectivity index (χ2n) is 4.90. The minimum atomic E-state index is -4.45. The summed E-state index contributed by atoms with van der Waals surface area (Å²) in [6.45, 7) is 11.6. The Balaban J connectivity index is 5.25. The molecule has 0 saturated carbocycles. The zero-order chi connectivity index (χ0) is 12.4. The lowest BCUT2D eigenvalue weighted by Gasteiger charge is -2.44. The second-order valence-corrected chi connectivity index (χ2v) is 6.06. The molecule has 4 nitrogen and oxygen atoms in total. The summed E-state index contributed by atoms with van der Waals surface area (Å²) in [6.07, 6.45) is 0. The number of rotatable bonds is 5. The minimum Gasteiger partial charge on any atom is -0.303 e. The van der Waals surface area contributed by atoms with Crippen LogP contribution in [0.4, 0.5) is 0 Å². The summed E-state index contributed by atoms with van der Waals surface area (Å²) in [5.74, 6) is 0.139. The highest BCUT2D eigenvalue weighted by Crippen LogP contribution is 2.50. The Morgan fingerprint density at radius 2 is 1.20 bits per heavy atom. The smallest absolute Gasteiger partial charge is 0.303 e. The van der Waals surface area contributed by atoms with Crippen molar-refractivity contribution in [2.45, 2.75) is 47.1 Å². The van der Waals surface area contributed by atoms with Crippen LogP contribution < -0.4 is 0 Å². The van der Waals surface area contributed by atoms with Gasteiger partial charge in [-0.15, -0.1) is 0 Å².